The first-order chi connectivity index (χ1) is 28.1. The molecular formula is C46H78NO10P. The van der Waals surface area contributed by atoms with E-state index in [0.29, 0.717) is 19.3 Å². The quantitative estimate of drug-likeness (QED) is 0.0232. The van der Waals surface area contributed by atoms with Gasteiger partial charge in [0.1, 0.15) is 12.6 Å². The van der Waals surface area contributed by atoms with Crippen molar-refractivity contribution >= 4 is 25.7 Å². The number of ether oxygens (including phenoxy) is 2. The van der Waals surface area contributed by atoms with E-state index in [4.69, 9.17) is 24.8 Å². The zero-order chi connectivity index (χ0) is 42.8. The molecule has 11 nitrogen and oxygen atoms in total. The Morgan fingerprint density at radius 2 is 0.966 bits per heavy atom. The molecule has 3 atom stereocenters. The van der Waals surface area contributed by atoms with Crippen LogP contribution in [-0.4, -0.2) is 59.9 Å². The topological polar surface area (TPSA) is 172 Å². The van der Waals surface area contributed by atoms with Crippen LogP contribution in [-0.2, 0) is 37.5 Å². The lowest BCUT2D eigenvalue weighted by atomic mass is 10.0. The predicted molar refractivity (Wildman–Crippen MR) is 235 cm³/mol. The first-order valence-corrected chi connectivity index (χ1v) is 23.5. The highest BCUT2D eigenvalue weighted by Crippen LogP contribution is 2.43. The number of phosphoric ester groups is 1. The number of phosphoric acid groups is 1. The molecule has 332 valence electrons. The molecule has 0 amide bonds. The van der Waals surface area contributed by atoms with Gasteiger partial charge in [-0.1, -0.05) is 177 Å². The van der Waals surface area contributed by atoms with Gasteiger partial charge < -0.3 is 25.2 Å². The summed E-state index contributed by atoms with van der Waals surface area (Å²) in [5.74, 6) is -2.49. The van der Waals surface area contributed by atoms with Gasteiger partial charge in [0.15, 0.2) is 6.10 Å². The van der Waals surface area contributed by atoms with E-state index >= 15 is 0 Å². The van der Waals surface area contributed by atoms with Crippen molar-refractivity contribution in [2.75, 3.05) is 19.8 Å². The van der Waals surface area contributed by atoms with Gasteiger partial charge in [0, 0.05) is 12.8 Å². The highest BCUT2D eigenvalue weighted by Gasteiger charge is 2.28. The van der Waals surface area contributed by atoms with E-state index in [1.54, 1.807) is 0 Å². The number of carbonyl (C=O) groups excluding carboxylic acids is 2. The number of unbranched alkanes of at least 4 members (excludes halogenated alkanes) is 14. The third-order valence-electron chi connectivity index (χ3n) is 8.98. The Hall–Kier alpha value is -3.08. The Labute approximate surface area is 350 Å². The minimum Gasteiger partial charge on any atom is -0.480 e. The van der Waals surface area contributed by atoms with Crippen molar-refractivity contribution in [2.45, 2.75) is 180 Å². The summed E-state index contributed by atoms with van der Waals surface area (Å²) in [6, 6.07) is -1.53. The molecule has 0 saturated heterocycles. The molecule has 0 aromatic carbocycles. The molecule has 0 aliphatic carbocycles. The average Bonchev–Trinajstić information content (AvgIpc) is 3.20. The smallest absolute Gasteiger partial charge is 0.472 e. The molecule has 58 heavy (non-hydrogen) atoms. The first-order valence-electron chi connectivity index (χ1n) is 22.0. The lowest BCUT2D eigenvalue weighted by Crippen LogP contribution is -2.34. The highest BCUT2D eigenvalue weighted by atomic mass is 31.2. The molecular weight excluding hydrogens is 757 g/mol. The van der Waals surface area contributed by atoms with Crippen LogP contribution in [0.3, 0.4) is 0 Å². The van der Waals surface area contributed by atoms with Crippen LogP contribution in [0.25, 0.3) is 0 Å². The molecule has 0 aliphatic rings. The summed E-state index contributed by atoms with van der Waals surface area (Å²) in [7, 11) is -4.74. The van der Waals surface area contributed by atoms with Crippen LogP contribution >= 0.6 is 7.82 Å². The second-order valence-corrected chi connectivity index (χ2v) is 15.9. The van der Waals surface area contributed by atoms with E-state index in [0.717, 1.165) is 51.4 Å². The van der Waals surface area contributed by atoms with E-state index in [1.165, 1.54) is 70.6 Å². The summed E-state index contributed by atoms with van der Waals surface area (Å²) in [5.41, 5.74) is 5.33. The molecule has 4 N–H and O–H groups in total. The van der Waals surface area contributed by atoms with Crippen molar-refractivity contribution in [1.29, 1.82) is 0 Å². The third kappa shape index (κ3) is 39.7. The molecule has 0 radical (unpaired) electrons. The van der Waals surface area contributed by atoms with Gasteiger partial charge >= 0.3 is 25.7 Å². The minimum absolute atomic E-state index is 0.0342. The zero-order valence-corrected chi connectivity index (χ0v) is 36.8. The maximum atomic E-state index is 12.6. The van der Waals surface area contributed by atoms with Gasteiger partial charge in [-0.2, -0.15) is 0 Å². The van der Waals surface area contributed by atoms with Gasteiger partial charge in [-0.25, -0.2) is 4.57 Å². The molecule has 0 bridgehead atoms. The molecule has 0 aromatic heterocycles. The third-order valence-corrected chi connectivity index (χ3v) is 9.93. The fourth-order valence-electron chi connectivity index (χ4n) is 5.56. The summed E-state index contributed by atoms with van der Waals surface area (Å²) < 4.78 is 32.6. The van der Waals surface area contributed by atoms with Gasteiger partial charge in [-0.15, -0.1) is 0 Å². The van der Waals surface area contributed by atoms with E-state index < -0.39 is 51.1 Å². The van der Waals surface area contributed by atoms with Crippen LogP contribution in [0.5, 0.6) is 0 Å². The fraction of sp³-hybridized carbons (Fsp3) is 0.674. The number of aliphatic carboxylic acids is 1. The van der Waals surface area contributed by atoms with E-state index in [-0.39, 0.29) is 19.4 Å². The SMILES string of the molecule is CC/C=C/C/C=C/C/C=C/C/C=C/C/C=C/C/C=C/CCC(=O)O[C@H](COC(=O)CCCCCCCCCCCCCCCCC)COP(=O)(O)OC[C@H](N)C(=O)O. The molecule has 0 heterocycles. The van der Waals surface area contributed by atoms with E-state index in [9.17, 15) is 23.8 Å². The Bertz CT molecular complexity index is 1260. The van der Waals surface area contributed by atoms with Crippen molar-refractivity contribution in [1.82, 2.24) is 0 Å². The second-order valence-electron chi connectivity index (χ2n) is 14.5. The standard InChI is InChI=1S/C46H78NO10P/c1-3-5-7-9-11-13-15-17-19-20-21-22-24-26-28-30-32-34-36-38-45(49)57-42(40-55-58(52,53)56-41-43(47)46(50)51)39-54-44(48)37-35-33-31-29-27-25-23-18-16-14-12-10-8-6-4-2/h5,7,11,13,17,19,21-22,26,28,32,34,42-43H,3-4,6,8-10,12,14-16,18,20,23-25,27,29-31,33,35-41,47H2,1-2H3,(H,50,51)(H,52,53)/b7-5+,13-11+,19-17+,22-21+,28-26+,34-32+/t42-,43+/m1/s1. The molecule has 0 spiro atoms. The lowest BCUT2D eigenvalue weighted by molar-refractivity contribution is -0.161. The Morgan fingerprint density at radius 3 is 1.41 bits per heavy atom. The number of esters is 2. The first kappa shape index (κ1) is 54.9. The molecule has 0 rings (SSSR count). The highest BCUT2D eigenvalue weighted by molar-refractivity contribution is 7.47. The molecule has 0 fully saturated rings. The van der Waals surface area contributed by atoms with Gasteiger partial charge in [0.25, 0.3) is 0 Å². The fourth-order valence-corrected chi connectivity index (χ4v) is 6.34. The Morgan fingerprint density at radius 1 is 0.552 bits per heavy atom. The van der Waals surface area contributed by atoms with Crippen LogP contribution in [0.2, 0.25) is 0 Å². The molecule has 0 saturated carbocycles. The lowest BCUT2D eigenvalue weighted by Gasteiger charge is -2.20. The number of rotatable bonds is 40. The van der Waals surface area contributed by atoms with Crippen LogP contribution < -0.4 is 5.73 Å². The Kier molecular flexibility index (Phi) is 38.5. The van der Waals surface area contributed by atoms with Gasteiger partial charge in [0.05, 0.1) is 13.2 Å². The summed E-state index contributed by atoms with van der Waals surface area (Å²) in [6.07, 6.45) is 48.4. The summed E-state index contributed by atoms with van der Waals surface area (Å²) in [4.78, 5) is 45.9. The minimum atomic E-state index is -4.74. The maximum absolute atomic E-state index is 12.6. The molecule has 12 heteroatoms. The van der Waals surface area contributed by atoms with Gasteiger partial charge in [0.2, 0.25) is 0 Å². The number of carboxylic acid groups (broad SMARTS) is 1. The normalized spacial score (nSPS) is 14.4. The number of nitrogens with two attached hydrogens (primary N) is 1. The molecule has 0 aliphatic heterocycles. The molecule has 0 aromatic rings. The maximum Gasteiger partial charge on any atom is 0.472 e. The Balaban J connectivity index is 4.49. The van der Waals surface area contributed by atoms with Crippen molar-refractivity contribution in [3.8, 4) is 0 Å². The summed E-state index contributed by atoms with van der Waals surface area (Å²) in [6.45, 7) is 2.61. The molecule has 1 unspecified atom stereocenters. The monoisotopic (exact) mass is 836 g/mol. The zero-order valence-electron chi connectivity index (χ0n) is 35.9. The number of hydrogen-bond donors (Lipinski definition) is 3. The van der Waals surface area contributed by atoms with Crippen molar-refractivity contribution in [3.05, 3.63) is 72.9 Å². The van der Waals surface area contributed by atoms with E-state index in [2.05, 4.69) is 73.1 Å². The van der Waals surface area contributed by atoms with Crippen LogP contribution in [0.4, 0.5) is 0 Å². The second kappa shape index (κ2) is 40.7. The van der Waals surface area contributed by atoms with Crippen molar-refractivity contribution in [2.24, 2.45) is 5.73 Å². The van der Waals surface area contributed by atoms with E-state index in [1.807, 2.05) is 18.2 Å². The number of allylic oxidation sites excluding steroid dienone is 12. The van der Waals surface area contributed by atoms with Crippen LogP contribution in [0.15, 0.2) is 72.9 Å². The number of hydrogen-bond acceptors (Lipinski definition) is 9. The summed E-state index contributed by atoms with van der Waals surface area (Å²) >= 11 is 0. The van der Waals surface area contributed by atoms with Crippen molar-refractivity contribution < 1.29 is 47.5 Å². The predicted octanol–water partition coefficient (Wildman–Crippen LogP) is 11.7. The summed E-state index contributed by atoms with van der Waals surface area (Å²) in [5, 5.41) is 8.89. The van der Waals surface area contributed by atoms with Crippen LogP contribution in [0.1, 0.15) is 168 Å². The van der Waals surface area contributed by atoms with Gasteiger partial charge in [-0.3, -0.25) is 23.4 Å². The largest absolute Gasteiger partial charge is 0.480 e. The number of carboxylic acids is 1. The average molecular weight is 836 g/mol. The van der Waals surface area contributed by atoms with Crippen molar-refractivity contribution in [3.63, 3.8) is 0 Å². The van der Waals surface area contributed by atoms with Gasteiger partial charge in [-0.05, 0) is 51.4 Å². The number of carbonyl (C=O) groups is 3. The van der Waals surface area contributed by atoms with Crippen LogP contribution in [0, 0.1) is 0 Å².